The Labute approximate surface area is 68.4 Å². The highest BCUT2D eigenvalue weighted by molar-refractivity contribution is 8.02. The summed E-state index contributed by atoms with van der Waals surface area (Å²) in [5.41, 5.74) is 0. The first-order valence-electron chi connectivity index (χ1n) is 3.41. The molecule has 1 amide bonds. The number of rotatable bonds is 1. The molecule has 2 heterocycles. The van der Waals surface area contributed by atoms with Crippen LogP contribution in [0.3, 0.4) is 0 Å². The zero-order valence-electron chi connectivity index (χ0n) is 5.77. The number of β-lactam (4-membered cyclic amide) rings is 1. The molecule has 58 valence electrons. The Balaban J connectivity index is 2.16. The highest BCUT2D eigenvalue weighted by Crippen LogP contribution is 2.36. The summed E-state index contributed by atoms with van der Waals surface area (Å²) in [5.74, 6) is -0.410. The predicted octanol–water partition coefficient (Wildman–Crippen LogP) is 0.230. The van der Waals surface area contributed by atoms with Crippen LogP contribution in [0.4, 0.5) is 0 Å². The van der Waals surface area contributed by atoms with Gasteiger partial charge in [-0.2, -0.15) is 0 Å². The van der Waals surface area contributed by atoms with Crippen molar-refractivity contribution in [1.82, 2.24) is 4.90 Å². The van der Waals surface area contributed by atoms with Crippen molar-refractivity contribution in [2.45, 2.75) is 5.37 Å². The number of amides is 1. The summed E-state index contributed by atoms with van der Waals surface area (Å²) in [5, 5.41) is 2.04. The van der Waals surface area contributed by atoms with Gasteiger partial charge in [0.05, 0.1) is 0 Å². The van der Waals surface area contributed by atoms with Gasteiger partial charge in [0, 0.05) is 6.54 Å². The highest BCUT2D eigenvalue weighted by Gasteiger charge is 2.47. The zero-order chi connectivity index (χ0) is 7.84. The van der Waals surface area contributed by atoms with E-state index in [-0.39, 0.29) is 17.2 Å². The first kappa shape index (κ1) is 6.91. The Kier molecular flexibility index (Phi) is 1.49. The number of hydrogen-bond acceptors (Lipinski definition) is 3. The van der Waals surface area contributed by atoms with E-state index in [4.69, 9.17) is 0 Å². The van der Waals surface area contributed by atoms with Crippen molar-refractivity contribution in [1.29, 1.82) is 0 Å². The summed E-state index contributed by atoms with van der Waals surface area (Å²) in [4.78, 5) is 23.2. The van der Waals surface area contributed by atoms with Crippen LogP contribution in [-0.4, -0.2) is 29.0 Å². The second-order valence-electron chi connectivity index (χ2n) is 2.55. The summed E-state index contributed by atoms with van der Waals surface area (Å²) in [7, 11) is 0. The average molecular weight is 169 g/mol. The van der Waals surface area contributed by atoms with Crippen LogP contribution in [0, 0.1) is 5.92 Å². The number of fused-ring (bicyclic) bond motifs is 1. The van der Waals surface area contributed by atoms with E-state index in [0.717, 1.165) is 6.29 Å². The van der Waals surface area contributed by atoms with Gasteiger partial charge in [0.2, 0.25) is 5.91 Å². The lowest BCUT2D eigenvalue weighted by Crippen LogP contribution is -2.60. The van der Waals surface area contributed by atoms with Crippen LogP contribution in [0.15, 0.2) is 11.5 Å². The highest BCUT2D eigenvalue weighted by atomic mass is 32.2. The molecule has 4 heteroatoms. The van der Waals surface area contributed by atoms with Crippen LogP contribution in [0.25, 0.3) is 0 Å². The molecule has 0 aromatic rings. The van der Waals surface area contributed by atoms with Crippen molar-refractivity contribution in [3.63, 3.8) is 0 Å². The maximum Gasteiger partial charge on any atom is 0.237 e. The molecule has 2 atom stereocenters. The minimum absolute atomic E-state index is 0.0261. The maximum absolute atomic E-state index is 11.1. The standard InChI is InChI=1S/C7H7NO2S/c9-4-5-6(10)8-2-1-3-11-7(5)8/h1,3-5,7H,2H2/t5?,7-/m0/s1. The Morgan fingerprint density at radius 3 is 3.27 bits per heavy atom. The molecule has 2 rings (SSSR count). The van der Waals surface area contributed by atoms with Gasteiger partial charge in [0.25, 0.3) is 0 Å². The number of carbonyl (C=O) groups is 2. The Hall–Kier alpha value is -0.770. The second-order valence-corrected chi connectivity index (χ2v) is 3.58. The minimum Gasteiger partial charge on any atom is -0.325 e. The van der Waals surface area contributed by atoms with Crippen molar-refractivity contribution >= 4 is 24.0 Å². The molecule has 0 aromatic heterocycles. The number of hydrogen-bond donors (Lipinski definition) is 0. The van der Waals surface area contributed by atoms with Gasteiger partial charge >= 0.3 is 0 Å². The summed E-state index contributed by atoms with van der Waals surface area (Å²) >= 11 is 1.54. The maximum atomic E-state index is 11.1. The Bertz CT molecular complexity index is 239. The van der Waals surface area contributed by atoms with E-state index in [1.165, 1.54) is 0 Å². The fraction of sp³-hybridized carbons (Fsp3) is 0.429. The van der Waals surface area contributed by atoms with Crippen LogP contribution < -0.4 is 0 Å². The monoisotopic (exact) mass is 169 g/mol. The van der Waals surface area contributed by atoms with Crippen LogP contribution in [0.2, 0.25) is 0 Å². The molecule has 0 bridgehead atoms. The van der Waals surface area contributed by atoms with Crippen molar-refractivity contribution < 1.29 is 9.59 Å². The van der Waals surface area contributed by atoms with Crippen molar-refractivity contribution in [3.8, 4) is 0 Å². The van der Waals surface area contributed by atoms with Gasteiger partial charge in [0.15, 0.2) is 0 Å². The van der Waals surface area contributed by atoms with Gasteiger partial charge < -0.3 is 9.69 Å². The number of nitrogens with zero attached hydrogens (tertiary/aromatic N) is 1. The van der Waals surface area contributed by atoms with E-state index in [1.54, 1.807) is 16.7 Å². The van der Waals surface area contributed by atoms with Gasteiger partial charge in [-0.3, -0.25) is 4.79 Å². The molecule has 3 nitrogen and oxygen atoms in total. The molecule has 1 fully saturated rings. The molecule has 2 aliphatic rings. The topological polar surface area (TPSA) is 37.4 Å². The Morgan fingerprint density at radius 2 is 2.55 bits per heavy atom. The third-order valence-corrected chi connectivity index (χ3v) is 3.12. The fourth-order valence-corrected chi connectivity index (χ4v) is 2.37. The molecule has 0 N–H and O–H groups in total. The lowest BCUT2D eigenvalue weighted by molar-refractivity contribution is -0.151. The van der Waals surface area contributed by atoms with E-state index in [2.05, 4.69) is 0 Å². The fourth-order valence-electron chi connectivity index (χ4n) is 1.32. The summed E-state index contributed by atoms with van der Waals surface area (Å²) in [6, 6.07) is 0. The van der Waals surface area contributed by atoms with Gasteiger partial charge in [-0.25, -0.2) is 0 Å². The largest absolute Gasteiger partial charge is 0.325 e. The normalized spacial score (nSPS) is 34.5. The molecule has 0 aliphatic carbocycles. The van der Waals surface area contributed by atoms with Crippen LogP contribution in [0.1, 0.15) is 0 Å². The average Bonchev–Trinajstić information content (AvgIpc) is 2.05. The molecule has 0 spiro atoms. The number of thioether (sulfide) groups is 1. The van der Waals surface area contributed by atoms with E-state index < -0.39 is 0 Å². The first-order valence-corrected chi connectivity index (χ1v) is 4.35. The van der Waals surface area contributed by atoms with Crippen LogP contribution >= 0.6 is 11.8 Å². The minimum atomic E-state index is -0.384. The predicted molar refractivity (Wildman–Crippen MR) is 41.8 cm³/mol. The summed E-state index contributed by atoms with van der Waals surface area (Å²) in [6.45, 7) is 0.667. The van der Waals surface area contributed by atoms with E-state index in [0.29, 0.717) is 6.54 Å². The third-order valence-electron chi connectivity index (χ3n) is 1.95. The van der Waals surface area contributed by atoms with Crippen molar-refractivity contribution in [2.75, 3.05) is 6.54 Å². The molecule has 2 aliphatic heterocycles. The molecule has 0 aromatic carbocycles. The van der Waals surface area contributed by atoms with Gasteiger partial charge in [-0.15, -0.1) is 11.8 Å². The van der Waals surface area contributed by atoms with Crippen LogP contribution in [-0.2, 0) is 9.59 Å². The lowest BCUT2D eigenvalue weighted by Gasteiger charge is -2.44. The molecule has 11 heavy (non-hydrogen) atoms. The van der Waals surface area contributed by atoms with Crippen molar-refractivity contribution in [3.05, 3.63) is 11.5 Å². The smallest absolute Gasteiger partial charge is 0.237 e. The van der Waals surface area contributed by atoms with Gasteiger partial charge in [-0.1, -0.05) is 6.08 Å². The number of carbonyl (C=O) groups excluding carboxylic acids is 2. The Morgan fingerprint density at radius 1 is 1.73 bits per heavy atom. The van der Waals surface area contributed by atoms with E-state index >= 15 is 0 Å². The first-order chi connectivity index (χ1) is 5.34. The molecule has 0 saturated carbocycles. The number of aldehydes is 1. The van der Waals surface area contributed by atoms with Crippen LogP contribution in [0.5, 0.6) is 0 Å². The molecular weight excluding hydrogens is 162 g/mol. The zero-order valence-corrected chi connectivity index (χ0v) is 6.58. The summed E-state index contributed by atoms with van der Waals surface area (Å²) in [6.07, 6.45) is 2.68. The molecule has 1 unspecified atom stereocenters. The lowest BCUT2D eigenvalue weighted by atomic mass is 10.0. The van der Waals surface area contributed by atoms with Crippen molar-refractivity contribution in [2.24, 2.45) is 5.92 Å². The van der Waals surface area contributed by atoms with E-state index in [1.807, 2.05) is 11.5 Å². The molecule has 0 radical (unpaired) electrons. The quantitative estimate of drug-likeness (QED) is 0.320. The third kappa shape index (κ3) is 0.822. The molecule has 1 saturated heterocycles. The van der Waals surface area contributed by atoms with E-state index in [9.17, 15) is 9.59 Å². The SMILES string of the molecule is O=CC1C(=O)N2CC=CS[C@@H]12. The second kappa shape index (κ2) is 2.37. The van der Waals surface area contributed by atoms with Gasteiger partial charge in [-0.05, 0) is 5.41 Å². The summed E-state index contributed by atoms with van der Waals surface area (Å²) < 4.78 is 0. The van der Waals surface area contributed by atoms with Gasteiger partial charge in [0.1, 0.15) is 17.6 Å². The molecular formula is C7H7NO2S.